The molecule has 1 saturated heterocycles. The number of carbonyl (C=O) groups excluding carboxylic acids is 2. The molecule has 4 aromatic rings. The van der Waals surface area contributed by atoms with Crippen molar-refractivity contribution in [3.05, 3.63) is 117 Å². The number of nitro benzene ring substituents is 1. The Bertz CT molecular complexity index is 1590. The number of amides is 1. The largest absolute Gasteiger partial charge is 0.505 e. The summed E-state index contributed by atoms with van der Waals surface area (Å²) < 4.78 is 1.80. The Hall–Kier alpha value is -4.79. The van der Waals surface area contributed by atoms with Crippen molar-refractivity contribution in [1.82, 2.24) is 14.3 Å². The maximum absolute atomic E-state index is 13.4. The van der Waals surface area contributed by atoms with Crippen LogP contribution in [0.5, 0.6) is 0 Å². The molecule has 9 heteroatoms. The number of aliphatic hydroxyl groups is 1. The molecular formula is C28H24N4O5. The Balaban J connectivity index is 1.67. The Labute approximate surface area is 212 Å². The van der Waals surface area contributed by atoms with Crippen LogP contribution < -0.4 is 0 Å². The second-order valence-corrected chi connectivity index (χ2v) is 9.01. The van der Waals surface area contributed by atoms with Crippen molar-refractivity contribution in [2.45, 2.75) is 26.3 Å². The van der Waals surface area contributed by atoms with Gasteiger partial charge in [0.15, 0.2) is 5.76 Å². The van der Waals surface area contributed by atoms with Crippen molar-refractivity contribution in [3.63, 3.8) is 0 Å². The first-order chi connectivity index (χ1) is 17.8. The number of non-ortho nitro benzene ring substituents is 1. The van der Waals surface area contributed by atoms with Crippen LogP contribution >= 0.6 is 0 Å². The first-order valence-electron chi connectivity index (χ1n) is 11.8. The summed E-state index contributed by atoms with van der Waals surface area (Å²) in [7, 11) is 0. The molecule has 186 valence electrons. The molecule has 5 rings (SSSR count). The molecule has 9 nitrogen and oxygen atoms in total. The van der Waals surface area contributed by atoms with E-state index in [2.05, 4.69) is 4.98 Å². The Morgan fingerprint density at radius 3 is 2.51 bits per heavy atom. The van der Waals surface area contributed by atoms with Gasteiger partial charge in [0.05, 0.1) is 22.2 Å². The van der Waals surface area contributed by atoms with E-state index in [4.69, 9.17) is 0 Å². The average Bonchev–Trinajstić information content (AvgIpc) is 3.37. The van der Waals surface area contributed by atoms with E-state index in [-0.39, 0.29) is 23.5 Å². The van der Waals surface area contributed by atoms with Crippen LogP contribution in [0.15, 0.2) is 78.5 Å². The van der Waals surface area contributed by atoms with E-state index in [9.17, 15) is 24.8 Å². The zero-order chi connectivity index (χ0) is 26.3. The minimum atomic E-state index is -1.01. The third kappa shape index (κ3) is 4.14. The summed E-state index contributed by atoms with van der Waals surface area (Å²) >= 11 is 0. The standard InChI is InChI=1S/C28H24N4O5/c1-17-8-7-14-30-18(2)23(29-27(17)30)25(33)22-24(20-11-6-12-21(16-20)32(36)37)31(28(35)26(22)34)15-13-19-9-4-3-5-10-19/h3-12,14,16,24,33H,13,15H2,1-2H3. The second-order valence-electron chi connectivity index (χ2n) is 9.01. The maximum Gasteiger partial charge on any atom is 0.295 e. The topological polar surface area (TPSA) is 118 Å². The normalized spacial score (nSPS) is 17.0. The molecule has 2 aromatic carbocycles. The fourth-order valence-corrected chi connectivity index (χ4v) is 4.83. The number of pyridine rings is 1. The molecule has 0 aliphatic carbocycles. The summed E-state index contributed by atoms with van der Waals surface area (Å²) in [4.78, 5) is 43.5. The molecule has 2 aromatic heterocycles. The Morgan fingerprint density at radius 2 is 1.81 bits per heavy atom. The molecule has 1 N–H and O–H groups in total. The van der Waals surface area contributed by atoms with E-state index in [0.29, 0.717) is 23.3 Å². The number of aliphatic hydroxyl groups excluding tert-OH is 1. The van der Waals surface area contributed by atoms with Crippen molar-refractivity contribution in [2.75, 3.05) is 6.54 Å². The predicted octanol–water partition coefficient (Wildman–Crippen LogP) is 4.52. The molecular weight excluding hydrogens is 472 g/mol. The number of Topliss-reactive ketones (excluding diaryl/α,β-unsaturated/α-hetero) is 1. The highest BCUT2D eigenvalue weighted by Gasteiger charge is 2.46. The van der Waals surface area contributed by atoms with Crippen molar-refractivity contribution in [2.24, 2.45) is 0 Å². The van der Waals surface area contributed by atoms with Gasteiger partial charge in [0.2, 0.25) is 0 Å². The molecule has 1 fully saturated rings. The number of nitro groups is 1. The number of imidazole rings is 1. The molecule has 0 radical (unpaired) electrons. The number of fused-ring (bicyclic) bond motifs is 1. The molecule has 1 atom stereocenters. The van der Waals surface area contributed by atoms with Gasteiger partial charge in [-0.2, -0.15) is 0 Å². The number of carbonyl (C=O) groups is 2. The monoisotopic (exact) mass is 496 g/mol. The highest BCUT2D eigenvalue weighted by atomic mass is 16.6. The van der Waals surface area contributed by atoms with Crippen molar-refractivity contribution in [3.8, 4) is 0 Å². The lowest BCUT2D eigenvalue weighted by molar-refractivity contribution is -0.384. The number of nitrogens with zero attached hydrogens (tertiary/aromatic N) is 4. The van der Waals surface area contributed by atoms with E-state index < -0.39 is 28.4 Å². The SMILES string of the molecule is Cc1cccn2c(C)c(C(O)=C3C(=O)C(=O)N(CCc4ccccc4)C3c3cccc([N+](=O)[O-])c3)nc12. The third-order valence-electron chi connectivity index (χ3n) is 6.73. The summed E-state index contributed by atoms with van der Waals surface area (Å²) in [6.07, 6.45) is 2.27. The second kappa shape index (κ2) is 9.34. The number of hydrogen-bond acceptors (Lipinski definition) is 6. The maximum atomic E-state index is 13.4. The van der Waals surface area contributed by atoms with Crippen LogP contribution in [0.4, 0.5) is 5.69 Å². The van der Waals surface area contributed by atoms with Crippen LogP contribution in [0.2, 0.25) is 0 Å². The molecule has 3 heterocycles. The number of ketones is 1. The first kappa shape index (κ1) is 23.9. The fourth-order valence-electron chi connectivity index (χ4n) is 4.83. The number of hydrogen-bond donors (Lipinski definition) is 1. The summed E-state index contributed by atoms with van der Waals surface area (Å²) in [6.45, 7) is 3.83. The van der Waals surface area contributed by atoms with Gasteiger partial charge in [-0.3, -0.25) is 19.7 Å². The minimum absolute atomic E-state index is 0.136. The Morgan fingerprint density at radius 1 is 1.05 bits per heavy atom. The molecule has 37 heavy (non-hydrogen) atoms. The molecule has 0 spiro atoms. The minimum Gasteiger partial charge on any atom is -0.505 e. The number of benzene rings is 2. The molecule has 0 saturated carbocycles. The van der Waals surface area contributed by atoms with Crippen LogP contribution in [0.1, 0.15) is 34.1 Å². The molecule has 1 unspecified atom stereocenters. The number of likely N-dealkylation sites (tertiary alicyclic amines) is 1. The van der Waals surface area contributed by atoms with Crippen LogP contribution in [0, 0.1) is 24.0 Å². The highest BCUT2D eigenvalue weighted by molar-refractivity contribution is 6.46. The van der Waals surface area contributed by atoms with Gasteiger partial charge in [0.25, 0.3) is 17.4 Å². The summed E-state index contributed by atoms with van der Waals surface area (Å²) in [5, 5.41) is 23.0. The molecule has 1 amide bonds. The van der Waals surface area contributed by atoms with E-state index in [1.165, 1.54) is 23.1 Å². The highest BCUT2D eigenvalue weighted by Crippen LogP contribution is 2.40. The van der Waals surface area contributed by atoms with Gasteiger partial charge in [-0.15, -0.1) is 0 Å². The lowest BCUT2D eigenvalue weighted by atomic mass is 9.95. The van der Waals surface area contributed by atoms with E-state index in [0.717, 1.165) is 11.1 Å². The lowest BCUT2D eigenvalue weighted by Crippen LogP contribution is -2.31. The average molecular weight is 497 g/mol. The van der Waals surface area contributed by atoms with Crippen molar-refractivity contribution < 1.29 is 19.6 Å². The summed E-state index contributed by atoms with van der Waals surface area (Å²) in [6, 6.07) is 18.0. The van der Waals surface area contributed by atoms with Gasteiger partial charge in [0.1, 0.15) is 11.3 Å². The van der Waals surface area contributed by atoms with E-state index in [1.54, 1.807) is 23.6 Å². The van der Waals surface area contributed by atoms with Gasteiger partial charge >= 0.3 is 0 Å². The first-order valence-corrected chi connectivity index (χ1v) is 11.8. The van der Waals surface area contributed by atoms with Crippen LogP contribution in [-0.4, -0.2) is 42.5 Å². The van der Waals surface area contributed by atoms with Crippen molar-refractivity contribution >= 4 is 28.8 Å². The van der Waals surface area contributed by atoms with Gasteiger partial charge in [-0.05, 0) is 43.0 Å². The Kier molecular flexibility index (Phi) is 6.04. The van der Waals surface area contributed by atoms with Gasteiger partial charge in [0, 0.05) is 24.9 Å². The third-order valence-corrected chi connectivity index (χ3v) is 6.73. The smallest absolute Gasteiger partial charge is 0.295 e. The number of rotatable bonds is 6. The van der Waals surface area contributed by atoms with Crippen molar-refractivity contribution in [1.29, 1.82) is 0 Å². The predicted molar refractivity (Wildman–Crippen MR) is 137 cm³/mol. The zero-order valence-corrected chi connectivity index (χ0v) is 20.3. The summed E-state index contributed by atoms with van der Waals surface area (Å²) in [5.74, 6) is -2.03. The quantitative estimate of drug-likeness (QED) is 0.138. The fraction of sp³-hybridized carbons (Fsp3) is 0.179. The van der Waals surface area contributed by atoms with Gasteiger partial charge < -0.3 is 14.4 Å². The molecule has 1 aliphatic rings. The van der Waals surface area contributed by atoms with Crippen LogP contribution in [-0.2, 0) is 16.0 Å². The van der Waals surface area contributed by atoms with E-state index in [1.807, 2.05) is 49.4 Å². The summed E-state index contributed by atoms with van der Waals surface area (Å²) in [5.41, 5.74) is 3.30. The van der Waals surface area contributed by atoms with E-state index >= 15 is 0 Å². The molecule has 0 bridgehead atoms. The zero-order valence-electron chi connectivity index (χ0n) is 20.3. The van der Waals surface area contributed by atoms with Crippen LogP contribution in [0.25, 0.3) is 11.4 Å². The van der Waals surface area contributed by atoms with Crippen LogP contribution in [0.3, 0.4) is 0 Å². The number of aromatic nitrogens is 2. The lowest BCUT2D eigenvalue weighted by Gasteiger charge is -2.25. The molecule has 1 aliphatic heterocycles. The van der Waals surface area contributed by atoms with Gasteiger partial charge in [-0.25, -0.2) is 4.98 Å². The van der Waals surface area contributed by atoms with Gasteiger partial charge in [-0.1, -0.05) is 48.5 Å². The number of aryl methyl sites for hydroxylation is 2.